The van der Waals surface area contributed by atoms with Crippen LogP contribution in [0.25, 0.3) is 4.91 Å². The van der Waals surface area contributed by atoms with Crippen molar-refractivity contribution in [3.63, 3.8) is 0 Å². The van der Waals surface area contributed by atoms with Crippen molar-refractivity contribution in [1.82, 2.24) is 0 Å². The van der Waals surface area contributed by atoms with Gasteiger partial charge in [-0.05, 0) is 44.9 Å². The van der Waals surface area contributed by atoms with Crippen LogP contribution >= 0.6 is 11.8 Å². The number of alkyl halides is 6. The van der Waals surface area contributed by atoms with E-state index in [-0.39, 0.29) is 16.9 Å². The van der Waals surface area contributed by atoms with Crippen molar-refractivity contribution in [2.45, 2.75) is 55.8 Å². The van der Waals surface area contributed by atoms with Gasteiger partial charge in [-0.1, -0.05) is 35.0 Å². The van der Waals surface area contributed by atoms with Crippen molar-refractivity contribution in [2.24, 2.45) is 5.16 Å². The van der Waals surface area contributed by atoms with Crippen LogP contribution < -0.4 is 0 Å². The van der Waals surface area contributed by atoms with Gasteiger partial charge in [0.05, 0.1) is 10.5 Å². The lowest BCUT2D eigenvalue weighted by molar-refractivity contribution is -0.258. The van der Waals surface area contributed by atoms with Crippen LogP contribution in [0.5, 0.6) is 0 Å². The molecule has 2 unspecified atom stereocenters. The number of rotatable bonds is 1. The zero-order valence-electron chi connectivity index (χ0n) is 16.9. The van der Waals surface area contributed by atoms with Gasteiger partial charge in [0.1, 0.15) is 0 Å². The lowest BCUT2D eigenvalue weighted by Gasteiger charge is -2.45. The van der Waals surface area contributed by atoms with E-state index in [1.54, 1.807) is 19.1 Å². The molecule has 0 aromatic heterocycles. The second kappa shape index (κ2) is 5.60. The smallest absolute Gasteiger partial charge is 0.380 e. The maximum atomic E-state index is 15.0. The number of aryl methyl sites for hydroxylation is 1. The average molecular weight is 457 g/mol. The Balaban J connectivity index is 1.87. The van der Waals surface area contributed by atoms with Crippen LogP contribution in [0.1, 0.15) is 31.9 Å². The molecule has 4 aliphatic rings. The molecule has 164 valence electrons. The zero-order valence-corrected chi connectivity index (χ0v) is 17.7. The Morgan fingerprint density at radius 3 is 2.03 bits per heavy atom. The molecule has 5 rings (SSSR count). The van der Waals surface area contributed by atoms with E-state index in [0.717, 1.165) is 17.3 Å². The van der Waals surface area contributed by atoms with E-state index in [9.17, 15) is 17.6 Å². The number of allylic oxidation sites excluding steroid dienone is 3. The molecule has 0 saturated heterocycles. The van der Waals surface area contributed by atoms with E-state index in [2.05, 4.69) is 5.16 Å². The van der Waals surface area contributed by atoms with Gasteiger partial charge < -0.3 is 4.84 Å². The highest BCUT2D eigenvalue weighted by Gasteiger charge is 2.85. The SMILES string of the molecule is CC1=NOC2(C)C1=C1C(=C3C=C(c4ccc(C)cc4)SC32C)C(F)(F)C(F)(F)C1(F)F. The van der Waals surface area contributed by atoms with E-state index < -0.39 is 39.3 Å². The Morgan fingerprint density at radius 1 is 0.839 bits per heavy atom. The second-order valence-electron chi connectivity index (χ2n) is 8.57. The van der Waals surface area contributed by atoms with Crippen LogP contribution in [0.4, 0.5) is 26.3 Å². The predicted octanol–water partition coefficient (Wildman–Crippen LogP) is 6.53. The summed E-state index contributed by atoms with van der Waals surface area (Å²) in [6.45, 7) is 6.17. The quantitative estimate of drug-likeness (QED) is 0.447. The van der Waals surface area contributed by atoms with Crippen molar-refractivity contribution in [2.75, 3.05) is 0 Å². The first kappa shape index (κ1) is 20.7. The molecule has 0 spiro atoms. The number of oxime groups is 1. The summed E-state index contributed by atoms with van der Waals surface area (Å²) in [6.07, 6.45) is 1.31. The summed E-state index contributed by atoms with van der Waals surface area (Å²) in [5.41, 5.74) is -3.43. The van der Waals surface area contributed by atoms with E-state index in [4.69, 9.17) is 4.84 Å². The highest BCUT2D eigenvalue weighted by atomic mass is 32.2. The van der Waals surface area contributed by atoms with Gasteiger partial charge in [-0.25, -0.2) is 0 Å². The monoisotopic (exact) mass is 457 g/mol. The van der Waals surface area contributed by atoms with Gasteiger partial charge in [-0.3, -0.25) is 0 Å². The summed E-state index contributed by atoms with van der Waals surface area (Å²) in [5.74, 6) is -15.7. The van der Waals surface area contributed by atoms with Crippen molar-refractivity contribution < 1.29 is 31.2 Å². The zero-order chi connectivity index (χ0) is 22.8. The number of hydrogen-bond acceptors (Lipinski definition) is 3. The van der Waals surface area contributed by atoms with Crippen LogP contribution in [0.2, 0.25) is 0 Å². The fourth-order valence-corrected chi connectivity index (χ4v) is 6.33. The van der Waals surface area contributed by atoms with E-state index in [1.165, 1.54) is 19.9 Å². The lowest BCUT2D eigenvalue weighted by Crippen LogP contribution is -2.53. The van der Waals surface area contributed by atoms with Crippen LogP contribution in [0.15, 0.2) is 57.8 Å². The van der Waals surface area contributed by atoms with Gasteiger partial charge in [0, 0.05) is 21.6 Å². The number of halogens is 6. The van der Waals surface area contributed by atoms with E-state index in [0.29, 0.717) is 10.5 Å². The highest BCUT2D eigenvalue weighted by molar-refractivity contribution is 8.10. The molecule has 1 saturated carbocycles. The molecule has 9 heteroatoms. The van der Waals surface area contributed by atoms with E-state index >= 15 is 8.78 Å². The van der Waals surface area contributed by atoms with Gasteiger partial charge in [-0.2, -0.15) is 26.3 Å². The number of nitrogens with zero attached hydrogens (tertiary/aromatic N) is 1. The Labute approximate surface area is 178 Å². The van der Waals surface area contributed by atoms with Crippen LogP contribution in [-0.4, -0.2) is 33.8 Å². The topological polar surface area (TPSA) is 21.6 Å². The summed E-state index contributed by atoms with van der Waals surface area (Å²) in [5, 5.41) is 3.76. The molecule has 31 heavy (non-hydrogen) atoms. The van der Waals surface area contributed by atoms with E-state index in [1.807, 2.05) is 19.1 Å². The van der Waals surface area contributed by atoms with Crippen molar-refractivity contribution >= 4 is 22.4 Å². The molecule has 0 radical (unpaired) electrons. The first-order chi connectivity index (χ1) is 14.2. The van der Waals surface area contributed by atoms with Crippen molar-refractivity contribution in [3.8, 4) is 0 Å². The number of benzene rings is 1. The molecule has 2 heterocycles. The van der Waals surface area contributed by atoms with Crippen LogP contribution in [-0.2, 0) is 4.84 Å². The molecule has 0 N–H and O–H groups in total. The molecule has 0 bridgehead atoms. The minimum Gasteiger partial charge on any atom is -0.382 e. The first-order valence-corrected chi connectivity index (χ1v) is 10.4. The second-order valence-corrected chi connectivity index (χ2v) is 10.0. The van der Waals surface area contributed by atoms with Gasteiger partial charge in [-0.15, -0.1) is 11.8 Å². The Hall–Kier alpha value is -2.16. The molecule has 0 amide bonds. The molecule has 1 aromatic rings. The Bertz CT molecular complexity index is 1160. The summed E-state index contributed by atoms with van der Waals surface area (Å²) < 4.78 is 87.5. The third-order valence-corrected chi connectivity index (χ3v) is 8.33. The Kier molecular flexibility index (Phi) is 3.74. The third-order valence-electron chi connectivity index (χ3n) is 6.74. The maximum Gasteiger partial charge on any atom is 0.380 e. The lowest BCUT2D eigenvalue weighted by atomic mass is 9.68. The summed E-state index contributed by atoms with van der Waals surface area (Å²) in [6, 6.07) is 7.18. The molecular formula is C22H17F6NOS. The molecule has 2 atom stereocenters. The van der Waals surface area contributed by atoms with Crippen molar-refractivity contribution in [3.05, 3.63) is 63.8 Å². The molecular weight excluding hydrogens is 440 g/mol. The normalized spacial score (nSPS) is 34.1. The average Bonchev–Trinajstić information content (AvgIpc) is 3.22. The number of hydrogen-bond donors (Lipinski definition) is 0. The summed E-state index contributed by atoms with van der Waals surface area (Å²) in [7, 11) is 0. The number of fused-ring (bicyclic) bond motifs is 4. The summed E-state index contributed by atoms with van der Waals surface area (Å²) >= 11 is 1.13. The highest BCUT2D eigenvalue weighted by Crippen LogP contribution is 2.72. The van der Waals surface area contributed by atoms with Gasteiger partial charge in [0.2, 0.25) is 0 Å². The third kappa shape index (κ3) is 2.11. The molecule has 2 nitrogen and oxygen atoms in total. The van der Waals surface area contributed by atoms with Gasteiger partial charge in [0.25, 0.3) is 0 Å². The van der Waals surface area contributed by atoms with Crippen LogP contribution in [0, 0.1) is 6.92 Å². The van der Waals surface area contributed by atoms with Crippen molar-refractivity contribution in [1.29, 1.82) is 0 Å². The molecule has 2 aliphatic heterocycles. The molecule has 1 aromatic carbocycles. The maximum absolute atomic E-state index is 15.0. The largest absolute Gasteiger partial charge is 0.382 e. The van der Waals surface area contributed by atoms with Gasteiger partial charge in [0.15, 0.2) is 5.60 Å². The predicted molar refractivity (Wildman–Crippen MR) is 107 cm³/mol. The minimum atomic E-state index is -5.58. The molecule has 2 aliphatic carbocycles. The van der Waals surface area contributed by atoms with Crippen LogP contribution in [0.3, 0.4) is 0 Å². The fourth-order valence-electron chi connectivity index (χ4n) is 4.85. The standard InChI is InChI=1S/C22H17F6NOS/c1-10-5-7-12(8-6-10)14-9-13-16-17(21(25,26)22(27,28)20(16,23)24)15-11(2)29-30-18(15,3)19(13,4)31-14/h5-9H,1-4H3. The number of thioether (sulfide) groups is 1. The van der Waals surface area contributed by atoms with Gasteiger partial charge >= 0.3 is 17.8 Å². The molecule has 1 fully saturated rings. The summed E-state index contributed by atoms with van der Waals surface area (Å²) in [4.78, 5) is 6.04. The Morgan fingerprint density at radius 2 is 1.42 bits per heavy atom. The minimum absolute atomic E-state index is 0.104. The first-order valence-electron chi connectivity index (χ1n) is 9.55. The fraction of sp³-hybridized carbons (Fsp3) is 0.409.